The Bertz CT molecular complexity index is 1380. The van der Waals surface area contributed by atoms with E-state index in [-0.39, 0.29) is 48.6 Å². The quantitative estimate of drug-likeness (QED) is 0.471. The summed E-state index contributed by atoms with van der Waals surface area (Å²) in [6, 6.07) is 13.5. The molecule has 40 heavy (non-hydrogen) atoms. The van der Waals surface area contributed by atoms with Gasteiger partial charge in [-0.2, -0.15) is 0 Å². The predicted molar refractivity (Wildman–Crippen MR) is 156 cm³/mol. The fourth-order valence-electron chi connectivity index (χ4n) is 5.06. The molecule has 1 fully saturated rings. The molecule has 2 aromatic carbocycles. The summed E-state index contributed by atoms with van der Waals surface area (Å²) in [4.78, 5) is 61.4. The Kier molecular flexibility index (Phi) is 8.92. The summed E-state index contributed by atoms with van der Waals surface area (Å²) in [7, 11) is 3.85. The molecule has 3 amide bonds. The number of aromatic nitrogens is 1. The molecule has 0 aliphatic carbocycles. The molecule has 1 aromatic heterocycles. The van der Waals surface area contributed by atoms with Crippen LogP contribution in [0.3, 0.4) is 0 Å². The summed E-state index contributed by atoms with van der Waals surface area (Å²) in [6.45, 7) is 6.02. The number of aromatic amines is 1. The van der Waals surface area contributed by atoms with Crippen molar-refractivity contribution in [3.63, 3.8) is 0 Å². The summed E-state index contributed by atoms with van der Waals surface area (Å²) < 4.78 is 0. The minimum Gasteiger partial charge on any atom is -0.378 e. The van der Waals surface area contributed by atoms with Gasteiger partial charge in [0, 0.05) is 60.6 Å². The standard InChI is InChI=1S/C31H39N5O4/c1-20(2)16-28(33-29(38)22-6-9-25(10-7-22)34(4)5)31(40)35-15-13-21(3)36(19-26(37)18-35)30(39)24-8-11-27-23(17-24)12-14-32-27/h6-12,14,17,20-21,28,32H,13,15-16,18-19H2,1-5H3,(H,33,38)/t21-,28-/m0/s1. The first-order chi connectivity index (χ1) is 19.0. The number of carbonyl (C=O) groups is 4. The second-order valence-corrected chi connectivity index (χ2v) is 11.2. The fourth-order valence-corrected chi connectivity index (χ4v) is 5.06. The molecular weight excluding hydrogens is 506 g/mol. The van der Waals surface area contributed by atoms with Crippen molar-refractivity contribution in [1.82, 2.24) is 20.1 Å². The van der Waals surface area contributed by atoms with Crippen molar-refractivity contribution in [2.45, 2.75) is 45.7 Å². The number of ketones is 1. The molecule has 9 nitrogen and oxygen atoms in total. The number of fused-ring (bicyclic) bond motifs is 1. The Labute approximate surface area is 235 Å². The lowest BCUT2D eigenvalue weighted by Crippen LogP contribution is -2.54. The molecule has 0 unspecified atom stereocenters. The number of Topliss-reactive ketones (excluding diaryl/α,β-unsaturated/α-hetero) is 1. The summed E-state index contributed by atoms with van der Waals surface area (Å²) >= 11 is 0. The molecule has 1 saturated heterocycles. The lowest BCUT2D eigenvalue weighted by molar-refractivity contribution is -0.138. The molecule has 0 bridgehead atoms. The maximum atomic E-state index is 13.7. The van der Waals surface area contributed by atoms with Crippen molar-refractivity contribution in [3.8, 4) is 0 Å². The summed E-state index contributed by atoms with van der Waals surface area (Å²) in [5.74, 6) is -0.864. The van der Waals surface area contributed by atoms with Gasteiger partial charge in [0.05, 0.1) is 13.1 Å². The van der Waals surface area contributed by atoms with Crippen LogP contribution in [0.4, 0.5) is 5.69 Å². The minimum atomic E-state index is -0.755. The topological polar surface area (TPSA) is 106 Å². The van der Waals surface area contributed by atoms with Crippen LogP contribution in [0.2, 0.25) is 0 Å². The zero-order valence-electron chi connectivity index (χ0n) is 23.9. The van der Waals surface area contributed by atoms with Gasteiger partial charge in [-0.1, -0.05) is 13.8 Å². The molecule has 2 N–H and O–H groups in total. The van der Waals surface area contributed by atoms with E-state index in [1.54, 1.807) is 23.1 Å². The van der Waals surface area contributed by atoms with E-state index in [0.29, 0.717) is 30.5 Å². The van der Waals surface area contributed by atoms with E-state index >= 15 is 0 Å². The maximum absolute atomic E-state index is 13.7. The zero-order chi connectivity index (χ0) is 29.0. The molecule has 4 rings (SSSR count). The van der Waals surface area contributed by atoms with Crippen molar-refractivity contribution in [2.75, 3.05) is 38.6 Å². The Morgan fingerprint density at radius 3 is 2.40 bits per heavy atom. The first-order valence-electron chi connectivity index (χ1n) is 13.8. The van der Waals surface area contributed by atoms with Gasteiger partial charge in [-0.25, -0.2) is 0 Å². The van der Waals surface area contributed by atoms with Crippen LogP contribution >= 0.6 is 0 Å². The fraction of sp³-hybridized carbons (Fsp3) is 0.419. The van der Waals surface area contributed by atoms with Crippen LogP contribution in [0.15, 0.2) is 54.7 Å². The van der Waals surface area contributed by atoms with Gasteiger partial charge in [0.25, 0.3) is 11.8 Å². The van der Waals surface area contributed by atoms with Crippen molar-refractivity contribution in [1.29, 1.82) is 0 Å². The molecule has 0 spiro atoms. The maximum Gasteiger partial charge on any atom is 0.254 e. The van der Waals surface area contributed by atoms with E-state index in [0.717, 1.165) is 16.6 Å². The smallest absolute Gasteiger partial charge is 0.254 e. The van der Waals surface area contributed by atoms with Gasteiger partial charge < -0.3 is 25.0 Å². The number of rotatable bonds is 7. The molecule has 1 aliphatic rings. The van der Waals surface area contributed by atoms with E-state index in [9.17, 15) is 19.2 Å². The summed E-state index contributed by atoms with van der Waals surface area (Å²) in [5.41, 5.74) is 2.91. The third-order valence-corrected chi connectivity index (χ3v) is 7.39. The van der Waals surface area contributed by atoms with Crippen LogP contribution in [0.25, 0.3) is 10.9 Å². The molecule has 2 atom stereocenters. The van der Waals surface area contributed by atoms with Crippen molar-refractivity contribution in [3.05, 3.63) is 65.9 Å². The summed E-state index contributed by atoms with van der Waals surface area (Å²) in [6.07, 6.45) is 2.79. The third-order valence-electron chi connectivity index (χ3n) is 7.39. The predicted octanol–water partition coefficient (Wildman–Crippen LogP) is 3.71. The van der Waals surface area contributed by atoms with E-state index in [1.807, 2.05) is 76.3 Å². The number of amides is 3. The van der Waals surface area contributed by atoms with Crippen molar-refractivity contribution >= 4 is 40.1 Å². The van der Waals surface area contributed by atoms with Crippen LogP contribution in [0.5, 0.6) is 0 Å². The highest BCUT2D eigenvalue weighted by Crippen LogP contribution is 2.20. The van der Waals surface area contributed by atoms with E-state index in [2.05, 4.69) is 10.3 Å². The number of hydrogen-bond acceptors (Lipinski definition) is 5. The van der Waals surface area contributed by atoms with Crippen molar-refractivity contribution in [2.24, 2.45) is 5.92 Å². The van der Waals surface area contributed by atoms with Crippen LogP contribution in [0.1, 0.15) is 54.3 Å². The number of anilines is 1. The van der Waals surface area contributed by atoms with Gasteiger partial charge in [-0.15, -0.1) is 0 Å². The molecule has 2 heterocycles. The zero-order valence-corrected chi connectivity index (χ0v) is 23.9. The molecule has 3 aromatic rings. The molecule has 212 valence electrons. The average Bonchev–Trinajstić information content (AvgIpc) is 3.39. The first kappa shape index (κ1) is 28.9. The van der Waals surface area contributed by atoms with Crippen LogP contribution in [-0.2, 0) is 9.59 Å². The Morgan fingerprint density at radius 2 is 1.73 bits per heavy atom. The molecular formula is C31H39N5O4. The SMILES string of the molecule is CC(C)C[C@H](NC(=O)c1ccc(N(C)C)cc1)C(=O)N1CC[C@H](C)N(C(=O)c2ccc3[nH]ccc3c2)CC(=O)C1. The number of nitrogens with one attached hydrogen (secondary N) is 2. The Hall–Kier alpha value is -4.14. The monoisotopic (exact) mass is 545 g/mol. The third kappa shape index (κ3) is 6.70. The molecule has 0 radical (unpaired) electrons. The van der Waals surface area contributed by atoms with Gasteiger partial charge in [0.1, 0.15) is 6.04 Å². The molecule has 1 aliphatic heterocycles. The number of benzene rings is 2. The number of H-pyrrole nitrogens is 1. The van der Waals surface area contributed by atoms with E-state index in [1.165, 1.54) is 4.90 Å². The molecule has 0 saturated carbocycles. The second kappa shape index (κ2) is 12.4. The Balaban J connectivity index is 1.45. The van der Waals surface area contributed by atoms with Gasteiger partial charge in [0.2, 0.25) is 5.91 Å². The highest BCUT2D eigenvalue weighted by molar-refractivity contribution is 6.01. The van der Waals surface area contributed by atoms with Gasteiger partial charge in [-0.3, -0.25) is 19.2 Å². The molecule has 9 heteroatoms. The largest absolute Gasteiger partial charge is 0.378 e. The minimum absolute atomic E-state index is 0.0750. The van der Waals surface area contributed by atoms with Gasteiger partial charge >= 0.3 is 0 Å². The highest BCUT2D eigenvalue weighted by Gasteiger charge is 2.33. The second-order valence-electron chi connectivity index (χ2n) is 11.2. The number of nitrogens with zero attached hydrogens (tertiary/aromatic N) is 3. The lowest BCUT2D eigenvalue weighted by Gasteiger charge is -2.36. The number of carbonyl (C=O) groups excluding carboxylic acids is 4. The van der Waals surface area contributed by atoms with Gasteiger partial charge in [-0.05, 0) is 74.2 Å². The lowest BCUT2D eigenvalue weighted by atomic mass is 10.0. The highest BCUT2D eigenvalue weighted by atomic mass is 16.2. The number of hydrogen-bond donors (Lipinski definition) is 2. The van der Waals surface area contributed by atoms with E-state index < -0.39 is 6.04 Å². The van der Waals surface area contributed by atoms with Crippen LogP contribution < -0.4 is 10.2 Å². The average molecular weight is 546 g/mol. The van der Waals surface area contributed by atoms with Crippen molar-refractivity contribution < 1.29 is 19.2 Å². The van der Waals surface area contributed by atoms with Gasteiger partial charge in [0.15, 0.2) is 5.78 Å². The normalized spacial score (nSPS) is 16.9. The Morgan fingerprint density at radius 1 is 1.02 bits per heavy atom. The summed E-state index contributed by atoms with van der Waals surface area (Å²) in [5, 5.41) is 3.84. The first-order valence-corrected chi connectivity index (χ1v) is 13.8. The van der Waals surface area contributed by atoms with E-state index in [4.69, 9.17) is 0 Å². The van der Waals surface area contributed by atoms with Crippen LogP contribution in [0, 0.1) is 5.92 Å². The van der Waals surface area contributed by atoms with Crippen LogP contribution in [-0.4, -0.2) is 84.1 Å².